The van der Waals surface area contributed by atoms with Gasteiger partial charge in [-0.3, -0.25) is 5.32 Å². The fourth-order valence-electron chi connectivity index (χ4n) is 1.81. The first-order valence-corrected chi connectivity index (χ1v) is 8.32. The van der Waals surface area contributed by atoms with E-state index in [1.54, 1.807) is 6.07 Å². The quantitative estimate of drug-likeness (QED) is 0.773. The molecule has 2 rings (SSSR count). The molecule has 0 unspecified atom stereocenters. The van der Waals surface area contributed by atoms with Crippen molar-refractivity contribution >= 4 is 22.0 Å². The Labute approximate surface area is 144 Å². The van der Waals surface area contributed by atoms with Crippen LogP contribution in [0.25, 0.3) is 0 Å². The standard InChI is InChI=1S/C14H16N4O6S/c1-22-9-6-4-5-7-10(9)25(20,21)18-14(19)17-13-15-11(23-2)8-12(16-13)24-3/h4-8H,1-3H3,(H2,15,16,17,18,19). The van der Waals surface area contributed by atoms with Gasteiger partial charge >= 0.3 is 6.03 Å². The molecule has 25 heavy (non-hydrogen) atoms. The fourth-order valence-corrected chi connectivity index (χ4v) is 2.89. The van der Waals surface area contributed by atoms with Crippen LogP contribution < -0.4 is 24.2 Å². The van der Waals surface area contributed by atoms with E-state index in [2.05, 4.69) is 15.3 Å². The molecular weight excluding hydrogens is 352 g/mol. The van der Waals surface area contributed by atoms with Crippen molar-refractivity contribution in [1.82, 2.24) is 14.7 Å². The number of urea groups is 1. The molecular formula is C14H16N4O6S. The average Bonchev–Trinajstić information content (AvgIpc) is 2.60. The molecule has 0 saturated carbocycles. The maximum absolute atomic E-state index is 12.3. The average molecular weight is 368 g/mol. The van der Waals surface area contributed by atoms with Gasteiger partial charge in [-0.05, 0) is 12.1 Å². The third-order valence-electron chi connectivity index (χ3n) is 2.91. The van der Waals surface area contributed by atoms with Crippen molar-refractivity contribution in [3.63, 3.8) is 0 Å². The van der Waals surface area contributed by atoms with Gasteiger partial charge in [0.25, 0.3) is 10.0 Å². The summed E-state index contributed by atoms with van der Waals surface area (Å²) in [5, 5.41) is 2.20. The Bertz CT molecular complexity index is 849. The van der Waals surface area contributed by atoms with Crippen LogP contribution >= 0.6 is 0 Å². The molecule has 134 valence electrons. The number of hydrogen-bond acceptors (Lipinski definition) is 8. The molecule has 2 aromatic rings. The van der Waals surface area contributed by atoms with E-state index in [1.807, 2.05) is 4.72 Å². The highest BCUT2D eigenvalue weighted by Gasteiger charge is 2.22. The van der Waals surface area contributed by atoms with Gasteiger partial charge in [-0.2, -0.15) is 9.97 Å². The summed E-state index contributed by atoms with van der Waals surface area (Å²) in [6.45, 7) is 0. The summed E-state index contributed by atoms with van der Waals surface area (Å²) in [6, 6.07) is 6.22. The summed E-state index contributed by atoms with van der Waals surface area (Å²) in [7, 11) is -0.0891. The Morgan fingerprint density at radius 2 is 1.60 bits per heavy atom. The van der Waals surface area contributed by atoms with E-state index in [4.69, 9.17) is 14.2 Å². The largest absolute Gasteiger partial charge is 0.495 e. The lowest BCUT2D eigenvalue weighted by molar-refractivity contribution is 0.256. The highest BCUT2D eigenvalue weighted by molar-refractivity contribution is 7.90. The summed E-state index contributed by atoms with van der Waals surface area (Å²) in [5.41, 5.74) is 0. The second kappa shape index (κ2) is 7.66. The minimum absolute atomic E-state index is 0.0992. The molecule has 0 aliphatic heterocycles. The zero-order valence-electron chi connectivity index (χ0n) is 13.6. The molecule has 10 nitrogen and oxygen atoms in total. The summed E-state index contributed by atoms with van der Waals surface area (Å²) in [6.07, 6.45) is 0. The number of sulfonamides is 1. The third-order valence-corrected chi connectivity index (χ3v) is 4.28. The van der Waals surface area contributed by atoms with Crippen LogP contribution in [0.5, 0.6) is 17.5 Å². The van der Waals surface area contributed by atoms with Crippen molar-refractivity contribution in [2.24, 2.45) is 0 Å². The number of anilines is 1. The highest BCUT2D eigenvalue weighted by Crippen LogP contribution is 2.22. The number of nitrogens with zero attached hydrogens (tertiary/aromatic N) is 2. The zero-order valence-corrected chi connectivity index (χ0v) is 14.5. The van der Waals surface area contributed by atoms with E-state index in [1.165, 1.54) is 45.6 Å². The molecule has 2 N–H and O–H groups in total. The Hall–Kier alpha value is -3.08. The maximum Gasteiger partial charge on any atom is 0.335 e. The van der Waals surface area contributed by atoms with Crippen molar-refractivity contribution in [3.05, 3.63) is 30.3 Å². The Kier molecular flexibility index (Phi) is 5.60. The number of carbonyl (C=O) groups excluding carboxylic acids is 1. The normalized spacial score (nSPS) is 10.7. The van der Waals surface area contributed by atoms with Crippen LogP contribution in [0.4, 0.5) is 10.7 Å². The second-order valence-corrected chi connectivity index (χ2v) is 6.14. The summed E-state index contributed by atoms with van der Waals surface area (Å²) in [4.78, 5) is 19.6. The van der Waals surface area contributed by atoms with Crippen LogP contribution in [0.15, 0.2) is 35.2 Å². The lowest BCUT2D eigenvalue weighted by Gasteiger charge is -2.11. The number of rotatable bonds is 6. The summed E-state index contributed by atoms with van der Waals surface area (Å²) < 4.78 is 41.4. The molecule has 0 aliphatic carbocycles. The molecule has 2 amide bonds. The number of hydrogen-bond donors (Lipinski definition) is 2. The molecule has 0 spiro atoms. The van der Waals surface area contributed by atoms with Crippen molar-refractivity contribution in [2.45, 2.75) is 4.90 Å². The first-order valence-electron chi connectivity index (χ1n) is 6.83. The predicted octanol–water partition coefficient (Wildman–Crippen LogP) is 1.01. The first-order chi connectivity index (χ1) is 11.9. The molecule has 0 aliphatic rings. The molecule has 0 atom stereocenters. The van der Waals surface area contributed by atoms with Gasteiger partial charge in [0.2, 0.25) is 17.7 Å². The number of para-hydroxylation sites is 1. The molecule has 1 aromatic carbocycles. The van der Waals surface area contributed by atoms with Gasteiger partial charge < -0.3 is 14.2 Å². The Morgan fingerprint density at radius 3 is 2.16 bits per heavy atom. The number of nitrogens with one attached hydrogen (secondary N) is 2. The fraction of sp³-hybridized carbons (Fsp3) is 0.214. The van der Waals surface area contributed by atoms with E-state index in [9.17, 15) is 13.2 Å². The van der Waals surface area contributed by atoms with Gasteiger partial charge in [0.05, 0.1) is 27.4 Å². The lowest BCUT2D eigenvalue weighted by atomic mass is 10.3. The molecule has 1 heterocycles. The van der Waals surface area contributed by atoms with Crippen LogP contribution in [-0.4, -0.2) is 45.7 Å². The minimum Gasteiger partial charge on any atom is -0.495 e. The van der Waals surface area contributed by atoms with Crippen molar-refractivity contribution in [1.29, 1.82) is 0 Å². The van der Waals surface area contributed by atoms with Crippen LogP contribution in [0.3, 0.4) is 0 Å². The van der Waals surface area contributed by atoms with E-state index < -0.39 is 16.1 Å². The lowest BCUT2D eigenvalue weighted by Crippen LogP contribution is -2.35. The van der Waals surface area contributed by atoms with E-state index in [0.717, 1.165) is 0 Å². The number of ether oxygens (including phenoxy) is 3. The number of benzene rings is 1. The second-order valence-electron chi connectivity index (χ2n) is 4.49. The van der Waals surface area contributed by atoms with Gasteiger partial charge in [-0.25, -0.2) is 17.9 Å². The SMILES string of the molecule is COc1cc(OC)nc(NC(=O)NS(=O)(=O)c2ccccc2OC)n1. The molecule has 0 radical (unpaired) electrons. The van der Waals surface area contributed by atoms with Gasteiger partial charge in [0.1, 0.15) is 10.6 Å². The van der Waals surface area contributed by atoms with Crippen LogP contribution in [-0.2, 0) is 10.0 Å². The predicted molar refractivity (Wildman–Crippen MR) is 87.5 cm³/mol. The van der Waals surface area contributed by atoms with E-state index in [-0.39, 0.29) is 28.4 Å². The molecule has 1 aromatic heterocycles. The highest BCUT2D eigenvalue weighted by atomic mass is 32.2. The Balaban J connectivity index is 2.19. The van der Waals surface area contributed by atoms with Crippen molar-refractivity contribution < 1.29 is 27.4 Å². The smallest absolute Gasteiger partial charge is 0.335 e. The molecule has 11 heteroatoms. The van der Waals surface area contributed by atoms with Crippen LogP contribution in [0.2, 0.25) is 0 Å². The Morgan fingerprint density at radius 1 is 1.00 bits per heavy atom. The third kappa shape index (κ3) is 4.47. The number of methoxy groups -OCH3 is 3. The van der Waals surface area contributed by atoms with E-state index in [0.29, 0.717) is 0 Å². The van der Waals surface area contributed by atoms with Crippen LogP contribution in [0.1, 0.15) is 0 Å². The number of carbonyl (C=O) groups is 1. The van der Waals surface area contributed by atoms with Gasteiger partial charge in [0, 0.05) is 0 Å². The maximum atomic E-state index is 12.3. The monoisotopic (exact) mass is 368 g/mol. The number of aromatic nitrogens is 2. The zero-order chi connectivity index (χ0) is 18.4. The minimum atomic E-state index is -4.16. The molecule has 0 bridgehead atoms. The van der Waals surface area contributed by atoms with E-state index >= 15 is 0 Å². The van der Waals surface area contributed by atoms with Crippen molar-refractivity contribution in [2.75, 3.05) is 26.6 Å². The summed E-state index contributed by atoms with van der Waals surface area (Å²) in [5.74, 6) is 0.176. The van der Waals surface area contributed by atoms with Gasteiger partial charge in [-0.15, -0.1) is 0 Å². The molecule has 0 fully saturated rings. The topological polar surface area (TPSA) is 129 Å². The molecule has 0 saturated heterocycles. The van der Waals surface area contributed by atoms with Crippen molar-refractivity contribution in [3.8, 4) is 17.5 Å². The first kappa shape index (κ1) is 18.3. The summed E-state index contributed by atoms with van der Waals surface area (Å²) >= 11 is 0. The van der Waals surface area contributed by atoms with Crippen LogP contribution in [0, 0.1) is 0 Å². The van der Waals surface area contributed by atoms with Gasteiger partial charge in [-0.1, -0.05) is 12.1 Å². The van der Waals surface area contributed by atoms with Gasteiger partial charge in [0.15, 0.2) is 0 Å². The number of amides is 2.